The first kappa shape index (κ1) is 38.1. The number of aliphatic imine (C=N–C) groups is 1. The molecule has 0 saturated carbocycles. The highest BCUT2D eigenvalue weighted by molar-refractivity contribution is 6.41. The Bertz CT molecular complexity index is 795. The Hall–Kier alpha value is -0.900. The van der Waals surface area contributed by atoms with Crippen molar-refractivity contribution in [2.75, 3.05) is 19.8 Å². The molecule has 8 heteroatoms. The molecule has 0 saturated heterocycles. The number of nitrogens with two attached hydrogens (primary N) is 1. The molecule has 5 N–H and O–H groups in total. The molecule has 0 aliphatic heterocycles. The summed E-state index contributed by atoms with van der Waals surface area (Å²) in [5.41, 5.74) is 3.11. The van der Waals surface area contributed by atoms with E-state index in [1.54, 1.807) is 27.7 Å². The molecule has 0 amide bonds. The zero-order chi connectivity index (χ0) is 31.1. The molecular weight excluding hydrogens is 494 g/mol. The van der Waals surface area contributed by atoms with Crippen LogP contribution >= 0.6 is 0 Å². The molecule has 0 aromatic rings. The molecule has 0 aromatic heterocycles. The molecule has 0 aliphatic carbocycles. The predicted octanol–water partition coefficient (Wildman–Crippen LogP) is 5.84. The summed E-state index contributed by atoms with van der Waals surface area (Å²) in [4.78, 5) is 5.09. The fourth-order valence-corrected chi connectivity index (χ4v) is 3.56. The summed E-state index contributed by atoms with van der Waals surface area (Å²) in [5.74, 6) is 0. The lowest BCUT2D eigenvalue weighted by Crippen LogP contribution is -2.54. The van der Waals surface area contributed by atoms with Crippen LogP contribution < -0.4 is 5.73 Å². The summed E-state index contributed by atoms with van der Waals surface area (Å²) in [6, 6.07) is 0. The lowest BCUT2D eigenvalue weighted by molar-refractivity contribution is -0.0661. The number of aliphatic hydroxyl groups is 2. The fraction of sp³-hybridized carbons (Fsp3) is 0.935. The quantitative estimate of drug-likeness (QED) is 0.148. The van der Waals surface area contributed by atoms with Gasteiger partial charge in [-0.05, 0) is 116 Å². The zero-order valence-electron chi connectivity index (χ0n) is 27.8. The summed E-state index contributed by atoms with van der Waals surface area (Å²) >= 11 is 0. The number of rotatable bonds is 19. The van der Waals surface area contributed by atoms with Gasteiger partial charge in [-0.25, -0.2) is 0 Å². The maximum Gasteiger partial charge on any atom is 0.0799 e. The van der Waals surface area contributed by atoms with Crippen molar-refractivity contribution in [2.24, 2.45) is 10.7 Å². The fourth-order valence-electron chi connectivity index (χ4n) is 3.56. The van der Waals surface area contributed by atoms with Gasteiger partial charge < -0.3 is 35.6 Å². The van der Waals surface area contributed by atoms with E-state index in [9.17, 15) is 10.2 Å². The van der Waals surface area contributed by atoms with Gasteiger partial charge in [0.1, 0.15) is 0 Å². The highest BCUT2D eigenvalue weighted by atomic mass is 16.5. The molecule has 0 unspecified atom stereocenters. The molecule has 0 rings (SSSR count). The first-order chi connectivity index (χ1) is 17.1. The Balaban J connectivity index is 5.78. The van der Waals surface area contributed by atoms with Crippen LogP contribution in [-0.4, -0.2) is 80.5 Å². The molecule has 0 atom stereocenters. The van der Waals surface area contributed by atoms with Crippen molar-refractivity contribution in [2.45, 2.75) is 168 Å². The summed E-state index contributed by atoms with van der Waals surface area (Å²) in [6.07, 6.45) is 2.50. The van der Waals surface area contributed by atoms with Gasteiger partial charge >= 0.3 is 0 Å². The van der Waals surface area contributed by atoms with Gasteiger partial charge in [0, 0.05) is 25.0 Å². The third-order valence-electron chi connectivity index (χ3n) is 7.12. The van der Waals surface area contributed by atoms with Gasteiger partial charge in [-0.2, -0.15) is 0 Å². The van der Waals surface area contributed by atoms with Crippen LogP contribution in [0.3, 0.4) is 0 Å². The van der Waals surface area contributed by atoms with E-state index >= 15 is 0 Å². The summed E-state index contributed by atoms with van der Waals surface area (Å²) in [6.45, 7) is 28.3. The van der Waals surface area contributed by atoms with Crippen molar-refractivity contribution in [3.8, 4) is 0 Å². The van der Waals surface area contributed by atoms with Crippen molar-refractivity contribution in [1.29, 1.82) is 5.41 Å². The maximum absolute atomic E-state index is 10.1. The van der Waals surface area contributed by atoms with E-state index < -0.39 is 39.1 Å². The van der Waals surface area contributed by atoms with Gasteiger partial charge in [-0.15, -0.1) is 0 Å². The number of nitrogens with zero attached hydrogens (tertiary/aromatic N) is 1. The first-order valence-electron chi connectivity index (χ1n) is 14.4. The van der Waals surface area contributed by atoms with Gasteiger partial charge in [0.05, 0.1) is 58.2 Å². The van der Waals surface area contributed by atoms with Crippen LogP contribution in [-0.2, 0) is 14.2 Å². The van der Waals surface area contributed by atoms with E-state index in [1.807, 2.05) is 55.4 Å². The van der Waals surface area contributed by atoms with Gasteiger partial charge in [0.25, 0.3) is 0 Å². The minimum Gasteiger partial charge on any atom is -0.390 e. The molecule has 0 fully saturated rings. The topological polar surface area (TPSA) is 130 Å². The lowest BCUT2D eigenvalue weighted by atomic mass is 9.87. The zero-order valence-corrected chi connectivity index (χ0v) is 27.8. The number of hydrogen-bond acceptors (Lipinski definition) is 8. The van der Waals surface area contributed by atoms with Crippen LogP contribution in [0, 0.1) is 5.41 Å². The van der Waals surface area contributed by atoms with Crippen molar-refractivity contribution in [3.63, 3.8) is 0 Å². The van der Waals surface area contributed by atoms with E-state index in [2.05, 4.69) is 13.8 Å². The van der Waals surface area contributed by atoms with Crippen LogP contribution in [0.15, 0.2) is 4.99 Å². The molecule has 0 radical (unpaired) electrons. The second kappa shape index (κ2) is 13.8. The molecule has 0 aromatic carbocycles. The van der Waals surface area contributed by atoms with E-state index in [-0.39, 0.29) is 0 Å². The Kier molecular flexibility index (Phi) is 13.5. The Morgan fingerprint density at radius 1 is 0.641 bits per heavy atom. The SMILES string of the molecule is CC(C)(O)CCOC(C)(C)CC(=N)/C(CC(C)(C)OCCC(C)(C)O)=N/C(C)(C)CCOC(C)(C)C(C)(C)N. The number of nitrogens with one attached hydrogen (secondary N) is 1. The van der Waals surface area contributed by atoms with Gasteiger partial charge in [0.2, 0.25) is 0 Å². The molecule has 232 valence electrons. The van der Waals surface area contributed by atoms with Crippen LogP contribution in [0.5, 0.6) is 0 Å². The molecule has 39 heavy (non-hydrogen) atoms. The Labute approximate surface area is 240 Å². The van der Waals surface area contributed by atoms with Crippen molar-refractivity contribution < 1.29 is 24.4 Å². The van der Waals surface area contributed by atoms with Crippen LogP contribution in [0.25, 0.3) is 0 Å². The Morgan fingerprint density at radius 2 is 1.03 bits per heavy atom. The van der Waals surface area contributed by atoms with Gasteiger partial charge in [-0.1, -0.05) is 0 Å². The smallest absolute Gasteiger partial charge is 0.0799 e. The van der Waals surface area contributed by atoms with E-state index in [4.69, 9.17) is 30.3 Å². The van der Waals surface area contributed by atoms with Gasteiger partial charge in [0.15, 0.2) is 0 Å². The second-order valence-corrected chi connectivity index (χ2v) is 15.4. The molecular formula is C31H63N3O5. The predicted molar refractivity (Wildman–Crippen MR) is 163 cm³/mol. The number of hydrogen-bond donors (Lipinski definition) is 4. The summed E-state index contributed by atoms with van der Waals surface area (Å²) in [5, 5.41) is 29.2. The van der Waals surface area contributed by atoms with E-state index in [0.717, 1.165) is 0 Å². The molecule has 0 spiro atoms. The molecule has 0 bridgehead atoms. The van der Waals surface area contributed by atoms with Crippen molar-refractivity contribution >= 4 is 11.4 Å². The number of ether oxygens (including phenoxy) is 3. The second-order valence-electron chi connectivity index (χ2n) is 15.4. The van der Waals surface area contributed by atoms with E-state index in [1.165, 1.54) is 0 Å². The third kappa shape index (κ3) is 17.5. The third-order valence-corrected chi connectivity index (χ3v) is 7.12. The lowest BCUT2D eigenvalue weighted by Gasteiger charge is -2.39. The van der Waals surface area contributed by atoms with Crippen LogP contribution in [0.4, 0.5) is 0 Å². The van der Waals surface area contributed by atoms with Crippen LogP contribution in [0.1, 0.15) is 129 Å². The monoisotopic (exact) mass is 557 g/mol. The maximum atomic E-state index is 10.1. The van der Waals surface area contributed by atoms with Gasteiger partial charge in [-0.3, -0.25) is 4.99 Å². The Morgan fingerprint density at radius 3 is 1.41 bits per heavy atom. The minimum absolute atomic E-state index is 0.373. The normalized spacial score (nSPS) is 15.2. The molecule has 0 heterocycles. The van der Waals surface area contributed by atoms with Crippen molar-refractivity contribution in [1.82, 2.24) is 0 Å². The average molecular weight is 558 g/mol. The average Bonchev–Trinajstić information content (AvgIpc) is 2.62. The highest BCUT2D eigenvalue weighted by Crippen LogP contribution is 2.27. The summed E-state index contributed by atoms with van der Waals surface area (Å²) in [7, 11) is 0. The van der Waals surface area contributed by atoms with Crippen LogP contribution in [0.2, 0.25) is 0 Å². The summed E-state index contributed by atoms with van der Waals surface area (Å²) < 4.78 is 18.4. The largest absolute Gasteiger partial charge is 0.390 e. The standard InChI is InChI=1S/C31H63N3O5/c1-25(2,15-18-39-31(13,14)30(11,12)33)34-24(22-29(9,10)38-20-17-27(5,6)36)23(32)21-28(7,8)37-19-16-26(3,4)35/h32,35-36H,15-22,33H2,1-14H3/b32-23?,34-24+. The first-order valence-corrected chi connectivity index (χ1v) is 14.4. The minimum atomic E-state index is -0.807. The molecule has 0 aliphatic rings. The molecule has 8 nitrogen and oxygen atoms in total. The highest BCUT2D eigenvalue weighted by Gasteiger charge is 2.35. The van der Waals surface area contributed by atoms with Crippen molar-refractivity contribution in [3.05, 3.63) is 0 Å². The van der Waals surface area contributed by atoms with E-state index in [0.29, 0.717) is 63.3 Å².